The lowest BCUT2D eigenvalue weighted by Crippen LogP contribution is -2.08. The van der Waals surface area contributed by atoms with Crippen LogP contribution in [0.3, 0.4) is 0 Å². The zero-order valence-corrected chi connectivity index (χ0v) is 10.9. The smallest absolute Gasteiger partial charge is 0.267 e. The maximum atomic E-state index is 11.5. The normalized spacial score (nSPS) is 10.9. The Hall–Kier alpha value is -1.53. The Morgan fingerprint density at radius 2 is 2.00 bits per heavy atom. The van der Waals surface area contributed by atoms with Crippen molar-refractivity contribution in [1.29, 1.82) is 0 Å². The van der Waals surface area contributed by atoms with E-state index in [4.69, 9.17) is 0 Å². The molecule has 17 heavy (non-hydrogen) atoms. The monoisotopic (exact) mass is 307 g/mol. The van der Waals surface area contributed by atoms with Gasteiger partial charge in [0.2, 0.25) is 4.96 Å². The van der Waals surface area contributed by atoms with Crippen LogP contribution >= 0.6 is 27.3 Å². The molecular weight excluding hydrogens is 302 g/mol. The number of aromatic nitrogens is 3. The minimum Gasteiger partial charge on any atom is -0.267 e. The van der Waals surface area contributed by atoms with Crippen molar-refractivity contribution in [2.75, 3.05) is 0 Å². The number of rotatable bonds is 1. The van der Waals surface area contributed by atoms with Gasteiger partial charge in [0.25, 0.3) is 5.56 Å². The summed E-state index contributed by atoms with van der Waals surface area (Å²) in [5.41, 5.74) is 1.45. The topological polar surface area (TPSA) is 47.3 Å². The number of hydrogen-bond acceptors (Lipinski definition) is 4. The Labute approximate surface area is 109 Å². The minimum atomic E-state index is -0.250. The first kappa shape index (κ1) is 10.6. The molecule has 0 atom stereocenters. The number of nitrogens with zero attached hydrogens (tertiary/aromatic N) is 3. The van der Waals surface area contributed by atoms with Gasteiger partial charge < -0.3 is 0 Å². The number of benzene rings is 1. The zero-order chi connectivity index (χ0) is 11.8. The molecule has 2 heterocycles. The summed E-state index contributed by atoms with van der Waals surface area (Å²) in [5, 5.41) is 4.28. The first-order valence-electron chi connectivity index (χ1n) is 4.86. The molecule has 1 aromatic carbocycles. The van der Waals surface area contributed by atoms with Crippen molar-refractivity contribution < 1.29 is 0 Å². The lowest BCUT2D eigenvalue weighted by atomic mass is 10.1. The van der Waals surface area contributed by atoms with Crippen LogP contribution < -0.4 is 5.56 Å². The molecule has 0 saturated heterocycles. The van der Waals surface area contributed by atoms with Crippen molar-refractivity contribution in [3.8, 4) is 11.3 Å². The summed E-state index contributed by atoms with van der Waals surface area (Å²) in [5.74, 6) is 0. The van der Waals surface area contributed by atoms with Gasteiger partial charge in [-0.1, -0.05) is 41.7 Å². The van der Waals surface area contributed by atoms with Crippen molar-refractivity contribution in [3.05, 3.63) is 50.7 Å². The van der Waals surface area contributed by atoms with E-state index in [-0.39, 0.29) is 5.56 Å². The molecule has 0 radical (unpaired) electrons. The second kappa shape index (κ2) is 4.05. The van der Waals surface area contributed by atoms with Crippen molar-refractivity contribution in [2.24, 2.45) is 0 Å². The number of fused-ring (bicyclic) bond motifs is 1. The SMILES string of the molecule is O=c1cc(-c2ccccc2)n2nc(Br)sc2n1. The molecule has 84 valence electrons. The molecule has 2 aromatic heterocycles. The molecule has 0 saturated carbocycles. The largest absolute Gasteiger partial charge is 0.274 e. The van der Waals surface area contributed by atoms with Gasteiger partial charge in [-0.2, -0.15) is 4.98 Å². The maximum absolute atomic E-state index is 11.5. The summed E-state index contributed by atoms with van der Waals surface area (Å²) in [6.07, 6.45) is 0. The number of hydrogen-bond donors (Lipinski definition) is 0. The van der Waals surface area contributed by atoms with E-state index in [1.807, 2.05) is 30.3 Å². The van der Waals surface area contributed by atoms with Gasteiger partial charge in [-0.3, -0.25) is 4.79 Å². The van der Waals surface area contributed by atoms with E-state index >= 15 is 0 Å². The van der Waals surface area contributed by atoms with Crippen LogP contribution in [-0.2, 0) is 0 Å². The van der Waals surface area contributed by atoms with E-state index in [9.17, 15) is 4.79 Å². The van der Waals surface area contributed by atoms with Gasteiger partial charge in [-0.15, -0.1) is 5.10 Å². The van der Waals surface area contributed by atoms with Crippen LogP contribution in [0, 0.1) is 0 Å². The Morgan fingerprint density at radius 1 is 1.24 bits per heavy atom. The van der Waals surface area contributed by atoms with Crippen molar-refractivity contribution in [1.82, 2.24) is 14.6 Å². The van der Waals surface area contributed by atoms with Crippen LogP contribution in [0.25, 0.3) is 16.2 Å². The first-order valence-corrected chi connectivity index (χ1v) is 6.47. The molecule has 0 fully saturated rings. The second-order valence-electron chi connectivity index (χ2n) is 3.40. The van der Waals surface area contributed by atoms with E-state index in [1.165, 1.54) is 17.4 Å². The van der Waals surface area contributed by atoms with Gasteiger partial charge >= 0.3 is 0 Å². The molecule has 0 spiro atoms. The van der Waals surface area contributed by atoms with E-state index in [0.29, 0.717) is 8.88 Å². The average molecular weight is 308 g/mol. The van der Waals surface area contributed by atoms with Crippen molar-refractivity contribution in [3.63, 3.8) is 0 Å². The van der Waals surface area contributed by atoms with E-state index in [1.54, 1.807) is 4.52 Å². The molecule has 0 aliphatic carbocycles. The lowest BCUT2D eigenvalue weighted by molar-refractivity contribution is 0.928. The molecule has 0 amide bonds. The molecule has 0 bridgehead atoms. The van der Waals surface area contributed by atoms with Crippen molar-refractivity contribution >= 4 is 32.2 Å². The van der Waals surface area contributed by atoms with Gasteiger partial charge in [0, 0.05) is 11.6 Å². The molecule has 0 N–H and O–H groups in total. The standard InChI is InChI=1S/C11H6BrN3OS/c12-10-14-15-8(7-4-2-1-3-5-7)6-9(16)13-11(15)17-10/h1-6H. The van der Waals surface area contributed by atoms with Gasteiger partial charge in [-0.05, 0) is 15.9 Å². The Morgan fingerprint density at radius 3 is 2.76 bits per heavy atom. The summed E-state index contributed by atoms with van der Waals surface area (Å²) in [6, 6.07) is 11.2. The molecular formula is C11H6BrN3OS. The Balaban J connectivity index is 2.39. The van der Waals surface area contributed by atoms with Gasteiger partial charge in [-0.25, -0.2) is 4.52 Å². The third-order valence-electron chi connectivity index (χ3n) is 2.30. The van der Waals surface area contributed by atoms with E-state index in [0.717, 1.165) is 11.3 Å². The predicted octanol–water partition coefficient (Wildman–Crippen LogP) is 2.58. The minimum absolute atomic E-state index is 0.250. The van der Waals surface area contributed by atoms with E-state index < -0.39 is 0 Å². The molecule has 4 nitrogen and oxygen atoms in total. The van der Waals surface area contributed by atoms with Crippen LogP contribution in [0.4, 0.5) is 0 Å². The third-order valence-corrected chi connectivity index (χ3v) is 3.64. The summed E-state index contributed by atoms with van der Waals surface area (Å²) < 4.78 is 2.37. The molecule has 0 aliphatic heterocycles. The van der Waals surface area contributed by atoms with Gasteiger partial charge in [0.1, 0.15) is 0 Å². The highest BCUT2D eigenvalue weighted by Gasteiger charge is 2.09. The molecule has 6 heteroatoms. The quantitative estimate of drug-likeness (QED) is 0.694. The maximum Gasteiger partial charge on any atom is 0.274 e. The van der Waals surface area contributed by atoms with Crippen LogP contribution in [0.5, 0.6) is 0 Å². The fourth-order valence-corrected chi connectivity index (χ4v) is 2.83. The first-order chi connectivity index (χ1) is 8.24. The summed E-state index contributed by atoms with van der Waals surface area (Å²) in [6.45, 7) is 0. The van der Waals surface area contributed by atoms with Crippen LogP contribution in [0.2, 0.25) is 0 Å². The van der Waals surface area contributed by atoms with Crippen LogP contribution in [-0.4, -0.2) is 14.6 Å². The van der Waals surface area contributed by atoms with Gasteiger partial charge in [0.15, 0.2) is 3.92 Å². The molecule has 0 aliphatic rings. The third kappa shape index (κ3) is 1.89. The zero-order valence-electron chi connectivity index (χ0n) is 8.50. The predicted molar refractivity (Wildman–Crippen MR) is 70.3 cm³/mol. The van der Waals surface area contributed by atoms with Crippen molar-refractivity contribution in [2.45, 2.75) is 0 Å². The lowest BCUT2D eigenvalue weighted by Gasteiger charge is -2.02. The second-order valence-corrected chi connectivity index (χ2v) is 5.63. The summed E-state index contributed by atoms with van der Waals surface area (Å²) in [4.78, 5) is 16.0. The van der Waals surface area contributed by atoms with Crippen LogP contribution in [0.15, 0.2) is 45.1 Å². The Kier molecular flexibility index (Phi) is 2.53. The fraction of sp³-hybridized carbons (Fsp3) is 0. The molecule has 0 unspecified atom stereocenters. The Bertz CT molecular complexity index is 735. The highest BCUT2D eigenvalue weighted by Crippen LogP contribution is 2.23. The van der Waals surface area contributed by atoms with Gasteiger partial charge in [0.05, 0.1) is 5.69 Å². The van der Waals surface area contributed by atoms with E-state index in [2.05, 4.69) is 26.0 Å². The summed E-state index contributed by atoms with van der Waals surface area (Å²) in [7, 11) is 0. The average Bonchev–Trinajstić information content (AvgIpc) is 2.69. The summed E-state index contributed by atoms with van der Waals surface area (Å²) >= 11 is 4.63. The highest BCUT2D eigenvalue weighted by atomic mass is 79.9. The fourth-order valence-electron chi connectivity index (χ4n) is 1.61. The molecule has 3 rings (SSSR count). The number of halogens is 1. The van der Waals surface area contributed by atoms with Crippen LogP contribution in [0.1, 0.15) is 0 Å². The molecule has 3 aromatic rings. The highest BCUT2D eigenvalue weighted by molar-refractivity contribution is 9.11.